The Morgan fingerprint density at radius 1 is 1.19 bits per heavy atom. The van der Waals surface area contributed by atoms with Crippen LogP contribution in [0.15, 0.2) is 41.3 Å². The predicted molar refractivity (Wildman–Crippen MR) is 149 cm³/mol. The number of nitrogens with zero attached hydrogens (tertiary/aromatic N) is 2. The first-order valence-corrected chi connectivity index (χ1v) is 13.8. The number of rotatable bonds is 7. The van der Waals surface area contributed by atoms with Crippen molar-refractivity contribution in [2.45, 2.75) is 26.4 Å². The van der Waals surface area contributed by atoms with Gasteiger partial charge in [0.15, 0.2) is 11.5 Å². The Bertz CT molecular complexity index is 1200. The maximum Gasteiger partial charge on any atom is 0.294 e. The van der Waals surface area contributed by atoms with Gasteiger partial charge in [0.1, 0.15) is 13.2 Å². The number of carbonyl (C=O) groups is 3. The van der Waals surface area contributed by atoms with Crippen LogP contribution in [-0.4, -0.2) is 53.6 Å². The molecule has 2 saturated heterocycles. The first-order valence-electron chi connectivity index (χ1n) is 11.5. The zero-order valence-electron chi connectivity index (χ0n) is 20.0. The minimum atomic E-state index is -0.458. The van der Waals surface area contributed by atoms with E-state index < -0.39 is 11.1 Å². The predicted octanol–water partition coefficient (Wildman–Crippen LogP) is 5.83. The van der Waals surface area contributed by atoms with Crippen molar-refractivity contribution in [1.82, 2.24) is 9.80 Å². The number of imide groups is 1. The van der Waals surface area contributed by atoms with Crippen molar-refractivity contribution in [2.24, 2.45) is 5.92 Å². The fourth-order valence-electron chi connectivity index (χ4n) is 3.98. The van der Waals surface area contributed by atoms with E-state index >= 15 is 0 Å². The number of likely N-dealkylation sites (tertiary alicyclic amines) is 1. The van der Waals surface area contributed by atoms with Crippen LogP contribution in [0.1, 0.15) is 30.9 Å². The highest BCUT2D eigenvalue weighted by molar-refractivity contribution is 14.1. The number of ether oxygens (including phenoxy) is 2. The molecule has 2 aromatic carbocycles. The Kier molecular flexibility index (Phi) is 8.84. The van der Waals surface area contributed by atoms with Gasteiger partial charge in [-0.2, -0.15) is 0 Å². The number of hydrogen-bond acceptors (Lipinski definition) is 6. The summed E-state index contributed by atoms with van der Waals surface area (Å²) in [5.74, 6) is 1.03. The second-order valence-corrected chi connectivity index (χ2v) is 11.4. The van der Waals surface area contributed by atoms with Crippen molar-refractivity contribution in [3.05, 3.63) is 61.0 Å². The Morgan fingerprint density at radius 3 is 2.56 bits per heavy atom. The lowest BCUT2D eigenvalue weighted by Gasteiger charge is -2.31. The smallest absolute Gasteiger partial charge is 0.294 e. The minimum absolute atomic E-state index is 0.191. The molecule has 36 heavy (non-hydrogen) atoms. The van der Waals surface area contributed by atoms with Crippen LogP contribution in [0.25, 0.3) is 6.08 Å². The van der Waals surface area contributed by atoms with Crippen molar-refractivity contribution >= 4 is 69.1 Å². The summed E-state index contributed by atoms with van der Waals surface area (Å²) in [7, 11) is 1.55. The van der Waals surface area contributed by atoms with Gasteiger partial charge in [-0.05, 0) is 94.6 Å². The molecule has 10 heteroatoms. The number of benzene rings is 2. The zero-order valence-corrected chi connectivity index (χ0v) is 23.7. The summed E-state index contributed by atoms with van der Waals surface area (Å²) < 4.78 is 12.3. The quantitative estimate of drug-likeness (QED) is 0.280. The summed E-state index contributed by atoms with van der Waals surface area (Å²) >= 11 is 8.94. The van der Waals surface area contributed by atoms with Crippen molar-refractivity contribution in [2.75, 3.05) is 26.7 Å². The van der Waals surface area contributed by atoms with Crippen molar-refractivity contribution < 1.29 is 23.9 Å². The molecule has 0 N–H and O–H groups in total. The molecule has 4 rings (SSSR count). The largest absolute Gasteiger partial charge is 0.493 e. The molecular formula is C26H26ClIN2O5S. The fraction of sp³-hybridized carbons (Fsp3) is 0.346. The molecule has 0 unspecified atom stereocenters. The molecule has 0 aromatic heterocycles. The topological polar surface area (TPSA) is 76.2 Å². The molecule has 2 aliphatic heterocycles. The standard InChI is InChI=1S/C26H26ClIN2O5S/c1-16-7-9-29(10-8-16)23(31)14-30-25(32)22(36-26(30)33)13-18-11-20(28)24(21(12-18)34-2)35-15-17-3-5-19(27)6-4-17/h3-6,11-13,16H,7-10,14-15H2,1-2H3/b22-13+. The maximum atomic E-state index is 13.0. The number of methoxy groups -OCH3 is 1. The highest BCUT2D eigenvalue weighted by atomic mass is 127. The summed E-state index contributed by atoms with van der Waals surface area (Å²) in [5, 5.41) is 0.222. The first kappa shape index (κ1) is 26.8. The van der Waals surface area contributed by atoms with Crippen LogP contribution >= 0.6 is 46.0 Å². The van der Waals surface area contributed by atoms with Gasteiger partial charge in [-0.1, -0.05) is 30.7 Å². The van der Waals surface area contributed by atoms with E-state index in [0.29, 0.717) is 47.7 Å². The lowest BCUT2D eigenvalue weighted by Crippen LogP contribution is -2.45. The van der Waals surface area contributed by atoms with E-state index in [1.54, 1.807) is 36.3 Å². The molecule has 2 aliphatic rings. The van der Waals surface area contributed by atoms with Crippen LogP contribution in [0.3, 0.4) is 0 Å². The molecule has 3 amide bonds. The summed E-state index contributed by atoms with van der Waals surface area (Å²) in [6, 6.07) is 11.0. The molecule has 0 radical (unpaired) electrons. The van der Waals surface area contributed by atoms with Gasteiger partial charge in [-0.15, -0.1) is 0 Å². The SMILES string of the molecule is COc1cc(/C=C2/SC(=O)N(CC(=O)N3CCC(C)CC3)C2=O)cc(I)c1OCc1ccc(Cl)cc1. The summed E-state index contributed by atoms with van der Waals surface area (Å²) in [6.07, 6.45) is 3.52. The number of hydrogen-bond donors (Lipinski definition) is 0. The van der Waals surface area contributed by atoms with Crippen LogP contribution in [-0.2, 0) is 16.2 Å². The molecule has 0 bridgehead atoms. The summed E-state index contributed by atoms with van der Waals surface area (Å²) in [5.41, 5.74) is 1.65. The molecule has 190 valence electrons. The van der Waals surface area contributed by atoms with Gasteiger partial charge in [0.05, 0.1) is 15.6 Å². The minimum Gasteiger partial charge on any atom is -0.493 e. The zero-order chi connectivity index (χ0) is 25.8. The maximum absolute atomic E-state index is 13.0. The summed E-state index contributed by atoms with van der Waals surface area (Å²) in [6.45, 7) is 3.60. The first-order chi connectivity index (χ1) is 17.2. The van der Waals surface area contributed by atoms with E-state index in [9.17, 15) is 14.4 Å². The van der Waals surface area contributed by atoms with Crippen LogP contribution in [0, 0.1) is 9.49 Å². The highest BCUT2D eigenvalue weighted by Crippen LogP contribution is 2.37. The van der Waals surface area contributed by atoms with Crippen molar-refractivity contribution in [3.8, 4) is 11.5 Å². The van der Waals surface area contributed by atoms with E-state index in [1.165, 1.54) is 0 Å². The van der Waals surface area contributed by atoms with Gasteiger partial charge < -0.3 is 14.4 Å². The number of amides is 3. The average molecular weight is 641 g/mol. The number of halogens is 2. The third-order valence-electron chi connectivity index (χ3n) is 6.15. The molecular weight excluding hydrogens is 615 g/mol. The third-order valence-corrected chi connectivity index (χ3v) is 8.11. The Hall–Kier alpha value is -2.24. The van der Waals surface area contributed by atoms with Gasteiger partial charge in [-0.25, -0.2) is 0 Å². The Balaban J connectivity index is 1.46. The van der Waals surface area contributed by atoms with E-state index in [4.69, 9.17) is 21.1 Å². The van der Waals surface area contributed by atoms with E-state index in [-0.39, 0.29) is 17.4 Å². The van der Waals surface area contributed by atoms with E-state index in [2.05, 4.69) is 29.5 Å². The van der Waals surface area contributed by atoms with Crippen LogP contribution < -0.4 is 9.47 Å². The number of thioether (sulfide) groups is 1. The monoisotopic (exact) mass is 640 g/mol. The fourth-order valence-corrected chi connectivity index (χ4v) is 5.73. The molecule has 0 atom stereocenters. The van der Waals surface area contributed by atoms with Gasteiger partial charge in [-0.3, -0.25) is 19.3 Å². The number of carbonyl (C=O) groups excluding carboxylic acids is 3. The summed E-state index contributed by atoms with van der Waals surface area (Å²) in [4.78, 5) is 41.2. The van der Waals surface area contributed by atoms with Crippen LogP contribution in [0.5, 0.6) is 11.5 Å². The number of piperidine rings is 1. The van der Waals surface area contributed by atoms with Crippen molar-refractivity contribution in [3.63, 3.8) is 0 Å². The van der Waals surface area contributed by atoms with Crippen LogP contribution in [0.2, 0.25) is 5.02 Å². The Morgan fingerprint density at radius 2 is 1.89 bits per heavy atom. The second-order valence-electron chi connectivity index (χ2n) is 8.78. The van der Waals surface area contributed by atoms with E-state index in [0.717, 1.165) is 38.6 Å². The molecule has 0 saturated carbocycles. The normalized spacial score (nSPS) is 17.7. The van der Waals surface area contributed by atoms with E-state index in [1.807, 2.05) is 18.2 Å². The lowest BCUT2D eigenvalue weighted by atomic mass is 9.99. The van der Waals surface area contributed by atoms with Gasteiger partial charge in [0, 0.05) is 18.1 Å². The second kappa shape index (κ2) is 11.9. The van der Waals surface area contributed by atoms with Gasteiger partial charge in [0.2, 0.25) is 5.91 Å². The van der Waals surface area contributed by atoms with Gasteiger partial charge in [0.25, 0.3) is 11.1 Å². The molecule has 2 fully saturated rings. The lowest BCUT2D eigenvalue weighted by molar-refractivity contribution is -0.136. The molecule has 7 nitrogen and oxygen atoms in total. The van der Waals surface area contributed by atoms with Crippen molar-refractivity contribution in [1.29, 1.82) is 0 Å². The molecule has 0 aliphatic carbocycles. The third kappa shape index (κ3) is 6.36. The average Bonchev–Trinajstić information content (AvgIpc) is 3.11. The molecule has 2 aromatic rings. The van der Waals surface area contributed by atoms with Gasteiger partial charge >= 0.3 is 0 Å². The van der Waals surface area contributed by atoms with Crippen LogP contribution in [0.4, 0.5) is 4.79 Å². The molecule has 0 spiro atoms. The highest BCUT2D eigenvalue weighted by Gasteiger charge is 2.37. The Labute approximate surface area is 233 Å². The molecule has 2 heterocycles.